The van der Waals surface area contributed by atoms with Gasteiger partial charge in [-0.1, -0.05) is 27.7 Å². The highest BCUT2D eigenvalue weighted by Crippen LogP contribution is 2.17. The van der Waals surface area contributed by atoms with Gasteiger partial charge in [0.15, 0.2) is 0 Å². The SMILES string of the molecule is CC.CC.COC(=O)C1CCCN1C(C)=O. The van der Waals surface area contributed by atoms with Gasteiger partial charge in [-0.15, -0.1) is 0 Å². The molecule has 1 aliphatic heterocycles. The molecule has 96 valence electrons. The van der Waals surface area contributed by atoms with Gasteiger partial charge >= 0.3 is 5.97 Å². The van der Waals surface area contributed by atoms with Gasteiger partial charge in [0.25, 0.3) is 0 Å². The summed E-state index contributed by atoms with van der Waals surface area (Å²) in [6.45, 7) is 10.1. The molecule has 1 rings (SSSR count). The minimum absolute atomic E-state index is 0.0529. The van der Waals surface area contributed by atoms with Crippen LogP contribution >= 0.6 is 0 Å². The first-order valence-corrected chi connectivity index (χ1v) is 6.02. The Morgan fingerprint density at radius 1 is 1.19 bits per heavy atom. The molecule has 0 aromatic heterocycles. The predicted molar refractivity (Wildman–Crippen MR) is 65.1 cm³/mol. The van der Waals surface area contributed by atoms with E-state index in [4.69, 9.17) is 0 Å². The number of esters is 1. The zero-order valence-electron chi connectivity index (χ0n) is 11.4. The van der Waals surface area contributed by atoms with Crippen molar-refractivity contribution < 1.29 is 14.3 Å². The molecule has 0 aromatic rings. The third kappa shape index (κ3) is 5.14. The molecule has 0 aromatic carbocycles. The molecular formula is C12H25NO3. The Morgan fingerprint density at radius 3 is 2.06 bits per heavy atom. The van der Waals surface area contributed by atoms with E-state index in [0.717, 1.165) is 12.8 Å². The van der Waals surface area contributed by atoms with Crippen molar-refractivity contribution in [2.75, 3.05) is 13.7 Å². The highest BCUT2D eigenvalue weighted by atomic mass is 16.5. The summed E-state index contributed by atoms with van der Waals surface area (Å²) in [7, 11) is 1.35. The van der Waals surface area contributed by atoms with Crippen LogP contribution in [0.5, 0.6) is 0 Å². The Labute approximate surface area is 99.0 Å². The maximum Gasteiger partial charge on any atom is 0.328 e. The van der Waals surface area contributed by atoms with Gasteiger partial charge in [0, 0.05) is 13.5 Å². The molecule has 0 aliphatic carbocycles. The number of amides is 1. The molecule has 1 saturated heterocycles. The van der Waals surface area contributed by atoms with Crippen molar-refractivity contribution in [2.24, 2.45) is 0 Å². The second kappa shape index (κ2) is 10.5. The molecule has 16 heavy (non-hydrogen) atoms. The van der Waals surface area contributed by atoms with Crippen LogP contribution in [0.1, 0.15) is 47.5 Å². The predicted octanol–water partition coefficient (Wildman–Crippen LogP) is 2.22. The lowest BCUT2D eigenvalue weighted by molar-refractivity contribution is -0.150. The Balaban J connectivity index is 0. The number of hydrogen-bond acceptors (Lipinski definition) is 3. The number of carbonyl (C=O) groups is 2. The summed E-state index contributed by atoms with van der Waals surface area (Å²) >= 11 is 0. The quantitative estimate of drug-likeness (QED) is 0.650. The number of methoxy groups -OCH3 is 1. The van der Waals surface area contributed by atoms with Crippen LogP contribution in [-0.4, -0.2) is 36.5 Å². The van der Waals surface area contributed by atoms with E-state index in [2.05, 4.69) is 4.74 Å². The minimum atomic E-state index is -0.340. The zero-order chi connectivity index (χ0) is 13.1. The first-order valence-electron chi connectivity index (χ1n) is 6.02. The Morgan fingerprint density at radius 2 is 1.69 bits per heavy atom. The highest BCUT2D eigenvalue weighted by molar-refractivity contribution is 5.83. The lowest BCUT2D eigenvalue weighted by atomic mass is 10.2. The van der Waals surface area contributed by atoms with Crippen LogP contribution in [0.25, 0.3) is 0 Å². The molecule has 1 heterocycles. The molecule has 1 unspecified atom stereocenters. The second-order valence-corrected chi connectivity index (χ2v) is 2.89. The fraction of sp³-hybridized carbons (Fsp3) is 0.833. The number of hydrogen-bond donors (Lipinski definition) is 0. The molecule has 4 heteroatoms. The van der Waals surface area contributed by atoms with Crippen LogP contribution in [0, 0.1) is 0 Å². The Hall–Kier alpha value is -1.06. The van der Waals surface area contributed by atoms with Crippen molar-refractivity contribution in [3.63, 3.8) is 0 Å². The van der Waals surface area contributed by atoms with Crippen molar-refractivity contribution in [1.29, 1.82) is 0 Å². The van der Waals surface area contributed by atoms with Crippen LogP contribution in [0.3, 0.4) is 0 Å². The van der Waals surface area contributed by atoms with E-state index < -0.39 is 0 Å². The largest absolute Gasteiger partial charge is 0.467 e. The lowest BCUT2D eigenvalue weighted by Gasteiger charge is -2.20. The van der Waals surface area contributed by atoms with E-state index in [1.165, 1.54) is 14.0 Å². The number of nitrogens with zero attached hydrogens (tertiary/aromatic N) is 1. The summed E-state index contributed by atoms with van der Waals surface area (Å²) in [5, 5.41) is 0. The molecule has 0 bridgehead atoms. The van der Waals surface area contributed by atoms with E-state index in [9.17, 15) is 9.59 Å². The zero-order valence-corrected chi connectivity index (χ0v) is 11.4. The third-order valence-electron chi connectivity index (χ3n) is 2.13. The Bertz CT molecular complexity index is 204. The highest BCUT2D eigenvalue weighted by Gasteiger charge is 2.32. The number of likely N-dealkylation sites (tertiary alicyclic amines) is 1. The topological polar surface area (TPSA) is 46.6 Å². The van der Waals surface area contributed by atoms with Crippen LogP contribution < -0.4 is 0 Å². The summed E-state index contributed by atoms with van der Waals surface area (Å²) in [5.74, 6) is -0.356. The lowest BCUT2D eigenvalue weighted by Crippen LogP contribution is -2.39. The normalized spacial score (nSPS) is 17.6. The maximum atomic E-state index is 11.1. The van der Waals surface area contributed by atoms with Gasteiger partial charge in [0.1, 0.15) is 6.04 Å². The van der Waals surface area contributed by atoms with Gasteiger partial charge in [0.2, 0.25) is 5.91 Å². The first kappa shape index (κ1) is 17.3. The van der Waals surface area contributed by atoms with Crippen molar-refractivity contribution >= 4 is 11.9 Å². The molecule has 1 amide bonds. The van der Waals surface area contributed by atoms with Crippen molar-refractivity contribution in [3.8, 4) is 0 Å². The number of carbonyl (C=O) groups excluding carboxylic acids is 2. The van der Waals surface area contributed by atoms with Crippen molar-refractivity contribution in [1.82, 2.24) is 4.90 Å². The third-order valence-corrected chi connectivity index (χ3v) is 2.13. The van der Waals surface area contributed by atoms with Crippen LogP contribution in [0.2, 0.25) is 0 Å². The summed E-state index contributed by atoms with van der Waals surface area (Å²) in [5.41, 5.74) is 0. The van der Waals surface area contributed by atoms with Gasteiger partial charge in [-0.25, -0.2) is 4.79 Å². The summed E-state index contributed by atoms with van der Waals surface area (Å²) in [6.07, 6.45) is 1.62. The number of rotatable bonds is 1. The molecule has 4 nitrogen and oxygen atoms in total. The van der Waals surface area contributed by atoms with Gasteiger partial charge in [0.05, 0.1) is 7.11 Å². The molecule has 1 aliphatic rings. The second-order valence-electron chi connectivity index (χ2n) is 2.89. The van der Waals surface area contributed by atoms with E-state index in [1.807, 2.05) is 27.7 Å². The fourth-order valence-corrected chi connectivity index (χ4v) is 1.52. The van der Waals surface area contributed by atoms with Gasteiger partial charge in [-0.05, 0) is 12.8 Å². The van der Waals surface area contributed by atoms with E-state index in [-0.39, 0.29) is 17.9 Å². The van der Waals surface area contributed by atoms with Gasteiger partial charge in [-0.2, -0.15) is 0 Å². The molecular weight excluding hydrogens is 206 g/mol. The minimum Gasteiger partial charge on any atom is -0.467 e. The molecule has 0 N–H and O–H groups in total. The summed E-state index contributed by atoms with van der Waals surface area (Å²) in [4.78, 5) is 23.7. The molecule has 1 fully saturated rings. The van der Waals surface area contributed by atoms with E-state index >= 15 is 0 Å². The smallest absolute Gasteiger partial charge is 0.328 e. The average molecular weight is 231 g/mol. The average Bonchev–Trinajstić information content (AvgIpc) is 2.82. The first-order chi connectivity index (χ1) is 7.66. The molecule has 0 spiro atoms. The van der Waals surface area contributed by atoms with E-state index in [1.54, 1.807) is 4.90 Å². The van der Waals surface area contributed by atoms with Gasteiger partial charge in [-0.3, -0.25) is 4.79 Å². The van der Waals surface area contributed by atoms with Crippen LogP contribution in [-0.2, 0) is 14.3 Å². The summed E-state index contributed by atoms with van der Waals surface area (Å²) < 4.78 is 4.58. The van der Waals surface area contributed by atoms with Crippen molar-refractivity contribution in [2.45, 2.75) is 53.5 Å². The Kier molecular flexibility index (Phi) is 11.3. The monoisotopic (exact) mass is 231 g/mol. The van der Waals surface area contributed by atoms with Gasteiger partial charge < -0.3 is 9.64 Å². The molecule has 0 radical (unpaired) electrons. The number of ether oxygens (including phenoxy) is 1. The molecule has 1 atom stereocenters. The maximum absolute atomic E-state index is 11.1. The summed E-state index contributed by atoms with van der Waals surface area (Å²) in [6, 6.07) is -0.340. The van der Waals surface area contributed by atoms with Crippen LogP contribution in [0.4, 0.5) is 0 Å². The standard InChI is InChI=1S/C8H13NO3.2C2H6/c1-6(10)9-5-3-4-7(9)8(11)12-2;2*1-2/h7H,3-5H2,1-2H3;2*1-2H3. The fourth-order valence-electron chi connectivity index (χ4n) is 1.52. The van der Waals surface area contributed by atoms with Crippen LogP contribution in [0.15, 0.2) is 0 Å². The molecule has 0 saturated carbocycles. The van der Waals surface area contributed by atoms with E-state index in [0.29, 0.717) is 6.54 Å². The van der Waals surface area contributed by atoms with Crippen molar-refractivity contribution in [3.05, 3.63) is 0 Å².